The fourth-order valence-corrected chi connectivity index (χ4v) is 3.89. The topological polar surface area (TPSA) is 27.7 Å². The van der Waals surface area contributed by atoms with Crippen LogP contribution in [-0.2, 0) is 4.74 Å². The predicted molar refractivity (Wildman–Crippen MR) is 77.5 cm³/mol. The summed E-state index contributed by atoms with van der Waals surface area (Å²) < 4.78 is 6.07. The Morgan fingerprint density at radius 1 is 1.16 bits per heavy atom. The molecule has 3 aliphatic rings. The highest BCUT2D eigenvalue weighted by Gasteiger charge is 2.33. The molecular weight excluding hydrogens is 238 g/mol. The third kappa shape index (κ3) is 3.48. The molecule has 3 aliphatic heterocycles. The normalized spacial score (nSPS) is 34.6. The molecule has 3 rings (SSSR count). The van der Waals surface area contributed by atoms with E-state index in [1.54, 1.807) is 0 Å². The van der Waals surface area contributed by atoms with Gasteiger partial charge >= 0.3 is 0 Å². The van der Waals surface area contributed by atoms with Gasteiger partial charge in [-0.25, -0.2) is 0 Å². The first-order chi connectivity index (χ1) is 9.35. The molecule has 1 N–H and O–H groups in total. The molecule has 2 unspecified atom stereocenters. The fourth-order valence-electron chi connectivity index (χ4n) is 3.89. The number of ether oxygens (including phenoxy) is 1. The zero-order valence-corrected chi connectivity index (χ0v) is 12.3. The van der Waals surface area contributed by atoms with Crippen molar-refractivity contribution in [2.75, 3.05) is 45.9 Å². The number of morpholine rings is 1. The van der Waals surface area contributed by atoms with Crippen molar-refractivity contribution in [2.45, 2.75) is 50.8 Å². The van der Waals surface area contributed by atoms with E-state index in [4.69, 9.17) is 4.74 Å². The first kappa shape index (κ1) is 13.8. The molecule has 110 valence electrons. The minimum absolute atomic E-state index is 0.449. The zero-order valence-electron chi connectivity index (χ0n) is 12.3. The van der Waals surface area contributed by atoms with Crippen molar-refractivity contribution in [2.24, 2.45) is 0 Å². The maximum absolute atomic E-state index is 6.07. The largest absolute Gasteiger partial charge is 0.374 e. The monoisotopic (exact) mass is 267 g/mol. The van der Waals surface area contributed by atoms with Gasteiger partial charge in [0.05, 0.1) is 12.7 Å². The van der Waals surface area contributed by atoms with Crippen molar-refractivity contribution >= 4 is 0 Å². The molecule has 0 radical (unpaired) electrons. The number of hydrogen-bond donors (Lipinski definition) is 1. The highest BCUT2D eigenvalue weighted by Crippen LogP contribution is 2.23. The molecule has 4 nitrogen and oxygen atoms in total. The van der Waals surface area contributed by atoms with Gasteiger partial charge < -0.3 is 15.0 Å². The summed E-state index contributed by atoms with van der Waals surface area (Å²) in [7, 11) is 0. The number of piperidine rings is 1. The Balaban J connectivity index is 1.40. The smallest absolute Gasteiger partial charge is 0.0829 e. The van der Waals surface area contributed by atoms with E-state index in [1.807, 2.05) is 0 Å². The molecule has 19 heavy (non-hydrogen) atoms. The Bertz CT molecular complexity index is 279. The second kappa shape index (κ2) is 6.53. The molecule has 3 saturated heterocycles. The standard InChI is InChI=1S/C15H29N3O/c1-2-16-13-5-8-17(9-6-13)10-15-11-18-7-3-4-14(18)12-19-15/h13-16H,2-12H2,1H3. The second-order valence-electron chi connectivity index (χ2n) is 6.38. The van der Waals surface area contributed by atoms with Crippen LogP contribution in [0.5, 0.6) is 0 Å². The van der Waals surface area contributed by atoms with Crippen LogP contribution in [0.4, 0.5) is 0 Å². The molecular formula is C15H29N3O. The number of nitrogens with one attached hydrogen (secondary N) is 1. The van der Waals surface area contributed by atoms with Gasteiger partial charge in [0.1, 0.15) is 0 Å². The van der Waals surface area contributed by atoms with Gasteiger partial charge in [-0.2, -0.15) is 0 Å². The van der Waals surface area contributed by atoms with Gasteiger partial charge in [-0.15, -0.1) is 0 Å². The van der Waals surface area contributed by atoms with Crippen LogP contribution >= 0.6 is 0 Å². The highest BCUT2D eigenvalue weighted by atomic mass is 16.5. The molecule has 3 fully saturated rings. The van der Waals surface area contributed by atoms with Gasteiger partial charge in [-0.3, -0.25) is 4.90 Å². The van der Waals surface area contributed by atoms with Crippen molar-refractivity contribution in [1.29, 1.82) is 0 Å². The summed E-state index contributed by atoms with van der Waals surface area (Å²) in [5.74, 6) is 0. The molecule has 4 heteroatoms. The lowest BCUT2D eigenvalue weighted by Gasteiger charge is -2.39. The van der Waals surface area contributed by atoms with Gasteiger partial charge in [-0.05, 0) is 51.9 Å². The number of fused-ring (bicyclic) bond motifs is 1. The van der Waals surface area contributed by atoms with E-state index in [9.17, 15) is 0 Å². The van der Waals surface area contributed by atoms with Crippen LogP contribution in [0.2, 0.25) is 0 Å². The van der Waals surface area contributed by atoms with E-state index in [0.717, 1.165) is 38.3 Å². The first-order valence-corrected chi connectivity index (χ1v) is 8.16. The van der Waals surface area contributed by atoms with Gasteiger partial charge in [0.25, 0.3) is 0 Å². The molecule has 0 aromatic carbocycles. The summed E-state index contributed by atoms with van der Waals surface area (Å²) in [4.78, 5) is 5.26. The summed E-state index contributed by atoms with van der Waals surface area (Å²) in [6, 6.07) is 1.48. The summed E-state index contributed by atoms with van der Waals surface area (Å²) in [5.41, 5.74) is 0. The van der Waals surface area contributed by atoms with E-state index < -0.39 is 0 Å². The molecule has 0 spiro atoms. The molecule has 0 aromatic rings. The van der Waals surface area contributed by atoms with Crippen LogP contribution in [0.25, 0.3) is 0 Å². The Morgan fingerprint density at radius 3 is 2.79 bits per heavy atom. The van der Waals surface area contributed by atoms with Crippen LogP contribution in [-0.4, -0.2) is 73.9 Å². The van der Waals surface area contributed by atoms with Crippen LogP contribution in [0.1, 0.15) is 32.6 Å². The zero-order chi connectivity index (χ0) is 13.1. The molecule has 0 bridgehead atoms. The van der Waals surface area contributed by atoms with E-state index in [-0.39, 0.29) is 0 Å². The highest BCUT2D eigenvalue weighted by molar-refractivity contribution is 4.87. The summed E-state index contributed by atoms with van der Waals surface area (Å²) in [6.07, 6.45) is 5.76. The van der Waals surface area contributed by atoms with Crippen LogP contribution < -0.4 is 5.32 Å². The third-order valence-corrected chi connectivity index (χ3v) is 5.00. The fraction of sp³-hybridized carbons (Fsp3) is 1.00. The number of nitrogens with zero attached hydrogens (tertiary/aromatic N) is 2. The Kier molecular flexibility index (Phi) is 4.74. The van der Waals surface area contributed by atoms with E-state index in [0.29, 0.717) is 6.10 Å². The van der Waals surface area contributed by atoms with Crippen molar-refractivity contribution in [1.82, 2.24) is 15.1 Å². The minimum atomic E-state index is 0.449. The average Bonchev–Trinajstić information content (AvgIpc) is 2.89. The first-order valence-electron chi connectivity index (χ1n) is 8.16. The average molecular weight is 267 g/mol. The lowest BCUT2D eigenvalue weighted by atomic mass is 10.0. The van der Waals surface area contributed by atoms with E-state index in [2.05, 4.69) is 22.0 Å². The van der Waals surface area contributed by atoms with E-state index in [1.165, 1.54) is 45.3 Å². The predicted octanol–water partition coefficient (Wildman–Crippen LogP) is 0.924. The third-order valence-electron chi connectivity index (χ3n) is 5.00. The lowest BCUT2D eigenvalue weighted by molar-refractivity contribution is -0.0632. The van der Waals surface area contributed by atoms with Crippen LogP contribution in [0.3, 0.4) is 0 Å². The van der Waals surface area contributed by atoms with Crippen molar-refractivity contribution in [3.05, 3.63) is 0 Å². The quantitative estimate of drug-likeness (QED) is 0.820. The van der Waals surface area contributed by atoms with Gasteiger partial charge in [-0.1, -0.05) is 6.92 Å². The molecule has 0 amide bonds. The molecule has 2 atom stereocenters. The van der Waals surface area contributed by atoms with E-state index >= 15 is 0 Å². The number of hydrogen-bond acceptors (Lipinski definition) is 4. The second-order valence-corrected chi connectivity index (χ2v) is 6.38. The van der Waals surface area contributed by atoms with Gasteiger partial charge in [0, 0.05) is 25.2 Å². The maximum atomic E-state index is 6.07. The Morgan fingerprint density at radius 2 is 2.00 bits per heavy atom. The lowest BCUT2D eigenvalue weighted by Crippen LogP contribution is -2.52. The van der Waals surface area contributed by atoms with Gasteiger partial charge in [0.2, 0.25) is 0 Å². The molecule has 0 aliphatic carbocycles. The number of likely N-dealkylation sites (tertiary alicyclic amines) is 1. The van der Waals surface area contributed by atoms with Crippen molar-refractivity contribution in [3.8, 4) is 0 Å². The summed E-state index contributed by atoms with van der Waals surface area (Å²) in [5, 5.41) is 3.57. The minimum Gasteiger partial charge on any atom is -0.374 e. The van der Waals surface area contributed by atoms with Gasteiger partial charge in [0.15, 0.2) is 0 Å². The molecule has 0 aromatic heterocycles. The SMILES string of the molecule is CCNC1CCN(CC2CN3CCCC3CO2)CC1. The number of rotatable bonds is 4. The summed E-state index contributed by atoms with van der Waals surface area (Å²) in [6.45, 7) is 10.4. The van der Waals surface area contributed by atoms with Crippen molar-refractivity contribution < 1.29 is 4.74 Å². The summed E-state index contributed by atoms with van der Waals surface area (Å²) >= 11 is 0. The Labute approximate surface area is 117 Å². The Hall–Kier alpha value is -0.160. The maximum Gasteiger partial charge on any atom is 0.0829 e. The van der Waals surface area contributed by atoms with Crippen molar-refractivity contribution in [3.63, 3.8) is 0 Å². The molecule has 0 saturated carbocycles. The molecule has 3 heterocycles. The van der Waals surface area contributed by atoms with Crippen LogP contribution in [0, 0.1) is 0 Å². The van der Waals surface area contributed by atoms with Crippen LogP contribution in [0.15, 0.2) is 0 Å².